The van der Waals surface area contributed by atoms with Crippen LogP contribution < -0.4 is 4.90 Å². The fourth-order valence-corrected chi connectivity index (χ4v) is 4.28. The minimum atomic E-state index is -1.03. The number of rotatable bonds is 2. The second kappa shape index (κ2) is 4.29. The molecule has 112 valence electrons. The second-order valence-electron chi connectivity index (χ2n) is 6.33. The van der Waals surface area contributed by atoms with Crippen molar-refractivity contribution in [2.45, 2.75) is 13.3 Å². The average molecular weight is 297 g/mol. The number of carboxylic acids is 1. The molecule has 22 heavy (non-hydrogen) atoms. The number of carboxylic acid groups (broad SMARTS) is 1. The van der Waals surface area contributed by atoms with Crippen LogP contribution in [0.2, 0.25) is 0 Å². The Morgan fingerprint density at radius 2 is 1.77 bits per heavy atom. The first-order chi connectivity index (χ1) is 10.5. The third-order valence-electron chi connectivity index (χ3n) is 5.25. The summed E-state index contributed by atoms with van der Waals surface area (Å²) in [5, 5.41) is 8.93. The zero-order valence-electron chi connectivity index (χ0n) is 12.0. The van der Waals surface area contributed by atoms with Crippen molar-refractivity contribution in [1.82, 2.24) is 0 Å². The lowest BCUT2D eigenvalue weighted by Crippen LogP contribution is -2.32. The summed E-state index contributed by atoms with van der Waals surface area (Å²) in [4.78, 5) is 37.5. The molecule has 1 heterocycles. The summed E-state index contributed by atoms with van der Waals surface area (Å²) in [7, 11) is 0. The van der Waals surface area contributed by atoms with Crippen LogP contribution in [-0.2, 0) is 9.59 Å². The van der Waals surface area contributed by atoms with Crippen molar-refractivity contribution in [2.75, 3.05) is 4.90 Å². The molecule has 1 aliphatic heterocycles. The lowest BCUT2D eigenvalue weighted by molar-refractivity contribution is -0.123. The highest BCUT2D eigenvalue weighted by Crippen LogP contribution is 2.55. The molecule has 0 spiro atoms. The fourth-order valence-electron chi connectivity index (χ4n) is 4.28. The molecule has 2 bridgehead atoms. The molecule has 1 saturated heterocycles. The highest BCUT2D eigenvalue weighted by atomic mass is 16.4. The standard InChI is InChI=1S/C17H15NO4/c1-8-6-10-7-12(8)14-13(10)15(19)18(16(14)20)11-4-2-9(3-5-11)17(21)22/h2-6,10,12-14H,7H2,1H3,(H,21,22)/t10-,12-,13-,14-/m1/s1. The Morgan fingerprint density at radius 1 is 1.14 bits per heavy atom. The van der Waals surface area contributed by atoms with Gasteiger partial charge in [-0.15, -0.1) is 0 Å². The van der Waals surface area contributed by atoms with Crippen molar-refractivity contribution < 1.29 is 19.5 Å². The predicted octanol–water partition coefficient (Wildman–Crippen LogP) is 2.09. The Bertz CT molecular complexity index is 734. The van der Waals surface area contributed by atoms with E-state index < -0.39 is 5.97 Å². The van der Waals surface area contributed by atoms with Crippen LogP contribution in [0.3, 0.4) is 0 Å². The van der Waals surface area contributed by atoms with Gasteiger partial charge >= 0.3 is 5.97 Å². The fraction of sp³-hybridized carbons (Fsp3) is 0.353. The van der Waals surface area contributed by atoms with Gasteiger partial charge in [-0.2, -0.15) is 0 Å². The van der Waals surface area contributed by atoms with Crippen molar-refractivity contribution in [1.29, 1.82) is 0 Å². The monoisotopic (exact) mass is 297 g/mol. The van der Waals surface area contributed by atoms with E-state index in [9.17, 15) is 14.4 Å². The smallest absolute Gasteiger partial charge is 0.335 e. The quantitative estimate of drug-likeness (QED) is 0.670. The van der Waals surface area contributed by atoms with Crippen LogP contribution in [-0.4, -0.2) is 22.9 Å². The van der Waals surface area contributed by atoms with E-state index >= 15 is 0 Å². The summed E-state index contributed by atoms with van der Waals surface area (Å²) in [6.45, 7) is 2.03. The minimum Gasteiger partial charge on any atom is -0.478 e. The predicted molar refractivity (Wildman–Crippen MR) is 78.2 cm³/mol. The van der Waals surface area contributed by atoms with Crippen molar-refractivity contribution in [3.05, 3.63) is 41.5 Å². The number of nitrogens with zero attached hydrogens (tertiary/aromatic N) is 1. The number of hydrogen-bond acceptors (Lipinski definition) is 3. The lowest BCUT2D eigenvalue weighted by Gasteiger charge is -2.19. The number of anilines is 1. The summed E-state index contributed by atoms with van der Waals surface area (Å²) < 4.78 is 0. The lowest BCUT2D eigenvalue weighted by atomic mass is 9.82. The van der Waals surface area contributed by atoms with Gasteiger partial charge in [0.25, 0.3) is 0 Å². The van der Waals surface area contributed by atoms with Gasteiger partial charge in [-0.05, 0) is 49.4 Å². The van der Waals surface area contributed by atoms with Gasteiger partial charge in [0.2, 0.25) is 11.8 Å². The number of allylic oxidation sites excluding steroid dienone is 2. The van der Waals surface area contributed by atoms with Crippen molar-refractivity contribution >= 4 is 23.5 Å². The third kappa shape index (κ3) is 1.56. The Morgan fingerprint density at radius 3 is 2.41 bits per heavy atom. The van der Waals surface area contributed by atoms with Crippen molar-refractivity contribution in [3.8, 4) is 0 Å². The van der Waals surface area contributed by atoms with Crippen LogP contribution in [0.25, 0.3) is 0 Å². The maximum absolute atomic E-state index is 12.7. The van der Waals surface area contributed by atoms with Gasteiger partial charge in [-0.1, -0.05) is 11.6 Å². The number of aromatic carboxylic acids is 1. The maximum Gasteiger partial charge on any atom is 0.335 e. The first-order valence-corrected chi connectivity index (χ1v) is 7.38. The molecule has 4 atom stereocenters. The molecule has 0 radical (unpaired) electrons. The molecule has 0 unspecified atom stereocenters. The number of imide groups is 1. The van der Waals surface area contributed by atoms with E-state index in [0.29, 0.717) is 5.69 Å². The number of benzene rings is 1. The average Bonchev–Trinajstić information content (AvgIpc) is 3.11. The van der Waals surface area contributed by atoms with Crippen LogP contribution in [0.15, 0.2) is 35.9 Å². The minimum absolute atomic E-state index is 0.139. The molecule has 1 N–H and O–H groups in total. The van der Waals surface area contributed by atoms with Gasteiger partial charge in [0.1, 0.15) is 0 Å². The Kier molecular flexibility index (Phi) is 2.58. The number of carbonyl (C=O) groups excluding carboxylic acids is 2. The van der Waals surface area contributed by atoms with E-state index in [1.165, 1.54) is 34.7 Å². The van der Waals surface area contributed by atoms with Crippen molar-refractivity contribution in [3.63, 3.8) is 0 Å². The van der Waals surface area contributed by atoms with Gasteiger partial charge in [0, 0.05) is 0 Å². The van der Waals surface area contributed by atoms with E-state index in [0.717, 1.165) is 6.42 Å². The molecule has 2 aliphatic carbocycles. The number of hydrogen-bond donors (Lipinski definition) is 1. The zero-order valence-corrected chi connectivity index (χ0v) is 12.0. The largest absolute Gasteiger partial charge is 0.478 e. The SMILES string of the molecule is CC1=C[C@@H]2C[C@H]1[C@H]1C(=O)N(c3ccc(C(=O)O)cc3)C(=O)[C@@H]12. The molecular weight excluding hydrogens is 282 g/mol. The summed E-state index contributed by atoms with van der Waals surface area (Å²) in [6.07, 6.45) is 3.04. The Balaban J connectivity index is 1.69. The third-order valence-corrected chi connectivity index (χ3v) is 5.25. The molecule has 5 nitrogen and oxygen atoms in total. The summed E-state index contributed by atoms with van der Waals surface area (Å²) in [5.74, 6) is -1.42. The summed E-state index contributed by atoms with van der Waals surface area (Å²) >= 11 is 0. The molecule has 1 saturated carbocycles. The summed E-state index contributed by atoms with van der Waals surface area (Å²) in [6, 6.07) is 5.90. The number of carbonyl (C=O) groups is 3. The first-order valence-electron chi connectivity index (χ1n) is 7.38. The van der Waals surface area contributed by atoms with Crippen LogP contribution in [0.4, 0.5) is 5.69 Å². The topological polar surface area (TPSA) is 74.7 Å². The van der Waals surface area contributed by atoms with E-state index in [1.807, 2.05) is 6.92 Å². The molecule has 0 aromatic heterocycles. The Labute approximate surface area is 127 Å². The molecule has 1 aromatic carbocycles. The second-order valence-corrected chi connectivity index (χ2v) is 6.33. The van der Waals surface area contributed by atoms with Gasteiger partial charge in [0.05, 0.1) is 23.1 Å². The molecule has 2 fully saturated rings. The van der Waals surface area contributed by atoms with Crippen molar-refractivity contribution in [2.24, 2.45) is 23.7 Å². The van der Waals surface area contributed by atoms with Crippen LogP contribution >= 0.6 is 0 Å². The van der Waals surface area contributed by atoms with Gasteiger partial charge in [-0.3, -0.25) is 14.5 Å². The van der Waals surface area contributed by atoms with E-state index in [-0.39, 0.29) is 41.0 Å². The first kappa shape index (κ1) is 13.2. The van der Waals surface area contributed by atoms with Crippen LogP contribution in [0.5, 0.6) is 0 Å². The van der Waals surface area contributed by atoms with E-state index in [2.05, 4.69) is 6.08 Å². The molecule has 4 rings (SSSR count). The van der Waals surface area contributed by atoms with Crippen LogP contribution in [0.1, 0.15) is 23.7 Å². The number of fused-ring (bicyclic) bond motifs is 5. The Hall–Kier alpha value is -2.43. The number of amides is 2. The highest BCUT2D eigenvalue weighted by Gasteiger charge is 2.60. The summed E-state index contributed by atoms with van der Waals surface area (Å²) in [5.41, 5.74) is 1.82. The van der Waals surface area contributed by atoms with Gasteiger partial charge < -0.3 is 5.11 Å². The molecule has 3 aliphatic rings. The normalized spacial score (nSPS) is 32.4. The van der Waals surface area contributed by atoms with E-state index in [1.54, 1.807) is 0 Å². The molecule has 5 heteroatoms. The molecule has 1 aromatic rings. The zero-order chi connectivity index (χ0) is 15.6. The maximum atomic E-state index is 12.7. The van der Waals surface area contributed by atoms with Gasteiger partial charge in [-0.25, -0.2) is 4.79 Å². The van der Waals surface area contributed by atoms with Crippen LogP contribution in [0, 0.1) is 23.7 Å². The molecule has 2 amide bonds. The molecular formula is C17H15NO4. The highest BCUT2D eigenvalue weighted by molar-refractivity contribution is 6.22. The van der Waals surface area contributed by atoms with E-state index in [4.69, 9.17) is 5.11 Å². The van der Waals surface area contributed by atoms with Gasteiger partial charge in [0.15, 0.2) is 0 Å².